The van der Waals surface area contributed by atoms with E-state index >= 15 is 0 Å². The average Bonchev–Trinajstić information content (AvgIpc) is 2.69. The second kappa shape index (κ2) is 11.4. The summed E-state index contributed by atoms with van der Waals surface area (Å²) in [5, 5.41) is 5.17. The summed E-state index contributed by atoms with van der Waals surface area (Å²) in [4.78, 5) is 22.9. The van der Waals surface area contributed by atoms with Crippen LogP contribution < -0.4 is 15.4 Å². The van der Waals surface area contributed by atoms with Crippen molar-refractivity contribution in [3.05, 3.63) is 71.8 Å². The molecule has 6 nitrogen and oxygen atoms in total. The number of benzene rings is 2. The van der Waals surface area contributed by atoms with E-state index in [1.165, 1.54) is 6.08 Å². The first-order chi connectivity index (χ1) is 13.2. The molecule has 0 heterocycles. The Balaban J connectivity index is 1.75. The van der Waals surface area contributed by atoms with Crippen molar-refractivity contribution >= 4 is 18.1 Å². The number of carbonyl (C=O) groups is 2. The summed E-state index contributed by atoms with van der Waals surface area (Å²) in [5.74, 6) is 0.254. The Bertz CT molecular complexity index is 760. The van der Waals surface area contributed by atoms with Crippen molar-refractivity contribution in [1.82, 2.24) is 10.6 Å². The largest absolute Gasteiger partial charge is 0.489 e. The maximum Gasteiger partial charge on any atom is 0.330 e. The second-order valence-electron chi connectivity index (χ2n) is 5.63. The van der Waals surface area contributed by atoms with Crippen LogP contribution in [0.5, 0.6) is 5.75 Å². The Kier molecular flexibility index (Phi) is 8.43. The molecule has 0 bridgehead atoms. The van der Waals surface area contributed by atoms with Gasteiger partial charge in [-0.1, -0.05) is 42.5 Å². The topological polar surface area (TPSA) is 76.7 Å². The van der Waals surface area contributed by atoms with Crippen LogP contribution in [0.25, 0.3) is 6.08 Å². The van der Waals surface area contributed by atoms with Crippen LogP contribution in [0.2, 0.25) is 0 Å². The fourth-order valence-electron chi connectivity index (χ4n) is 2.20. The second-order valence-corrected chi connectivity index (χ2v) is 5.63. The van der Waals surface area contributed by atoms with Crippen LogP contribution in [-0.4, -0.2) is 31.7 Å². The Morgan fingerprint density at radius 3 is 2.63 bits per heavy atom. The zero-order chi connectivity index (χ0) is 19.3. The average molecular weight is 368 g/mol. The highest BCUT2D eigenvalue weighted by molar-refractivity contribution is 5.87. The number of ether oxygens (including phenoxy) is 2. The van der Waals surface area contributed by atoms with Crippen LogP contribution in [0.3, 0.4) is 0 Å². The lowest BCUT2D eigenvalue weighted by Gasteiger charge is -2.07. The molecule has 0 fully saturated rings. The van der Waals surface area contributed by atoms with Crippen molar-refractivity contribution in [2.24, 2.45) is 0 Å². The van der Waals surface area contributed by atoms with E-state index in [2.05, 4.69) is 10.6 Å². The molecule has 2 amide bonds. The summed E-state index contributed by atoms with van der Waals surface area (Å²) in [6, 6.07) is 17.1. The molecule has 27 heavy (non-hydrogen) atoms. The lowest BCUT2D eigenvalue weighted by molar-refractivity contribution is -0.137. The number of nitrogens with one attached hydrogen (secondary N) is 2. The molecule has 0 unspecified atom stereocenters. The molecule has 2 rings (SSSR count). The Morgan fingerprint density at radius 2 is 1.85 bits per heavy atom. The molecule has 2 aromatic carbocycles. The fraction of sp³-hybridized carbons (Fsp3) is 0.238. The first-order valence-electron chi connectivity index (χ1n) is 8.80. The number of hydrogen-bond donors (Lipinski definition) is 2. The molecule has 6 heteroatoms. The molecule has 2 aromatic rings. The molecular formula is C21H24N2O4. The Hall–Kier alpha value is -3.28. The quantitative estimate of drug-likeness (QED) is 0.405. The third kappa shape index (κ3) is 8.09. The van der Waals surface area contributed by atoms with Gasteiger partial charge >= 0.3 is 12.0 Å². The maximum absolute atomic E-state index is 11.7. The standard InChI is InChI=1S/C21H24N2O4/c1-2-22-21(25)23-13-14-26-20(24)12-11-17-9-6-10-19(15-17)27-16-18-7-4-3-5-8-18/h3-12,15H,2,13-14,16H2,1H3,(H2,22,23,25)/b12-11+. The molecule has 0 spiro atoms. The summed E-state index contributed by atoms with van der Waals surface area (Å²) < 4.78 is 10.8. The summed E-state index contributed by atoms with van der Waals surface area (Å²) in [5.41, 5.74) is 1.92. The van der Waals surface area contributed by atoms with Gasteiger partial charge in [-0.3, -0.25) is 0 Å². The molecule has 142 valence electrons. The highest BCUT2D eigenvalue weighted by Crippen LogP contribution is 2.16. The van der Waals surface area contributed by atoms with Gasteiger partial charge in [0, 0.05) is 12.6 Å². The number of esters is 1. The van der Waals surface area contributed by atoms with Gasteiger partial charge < -0.3 is 20.1 Å². The highest BCUT2D eigenvalue weighted by atomic mass is 16.5. The molecule has 0 aliphatic rings. The first-order valence-corrected chi connectivity index (χ1v) is 8.80. The van der Waals surface area contributed by atoms with E-state index in [0.29, 0.717) is 13.2 Å². The lowest BCUT2D eigenvalue weighted by Crippen LogP contribution is -2.37. The van der Waals surface area contributed by atoms with E-state index in [1.54, 1.807) is 6.08 Å². The minimum Gasteiger partial charge on any atom is -0.489 e. The predicted octanol–water partition coefficient (Wildman–Crippen LogP) is 3.14. The predicted molar refractivity (Wildman–Crippen MR) is 104 cm³/mol. The monoisotopic (exact) mass is 368 g/mol. The normalized spacial score (nSPS) is 10.4. The summed E-state index contributed by atoms with van der Waals surface area (Å²) in [6.45, 7) is 3.22. The zero-order valence-corrected chi connectivity index (χ0v) is 15.3. The molecule has 2 N–H and O–H groups in total. The third-order valence-corrected chi connectivity index (χ3v) is 3.49. The first kappa shape index (κ1) is 20.0. The summed E-state index contributed by atoms with van der Waals surface area (Å²) in [7, 11) is 0. The van der Waals surface area contributed by atoms with Crippen molar-refractivity contribution in [3.8, 4) is 5.75 Å². The molecule has 0 aliphatic heterocycles. The van der Waals surface area contributed by atoms with E-state index in [4.69, 9.17) is 9.47 Å². The molecule has 0 saturated heterocycles. The van der Waals surface area contributed by atoms with Crippen molar-refractivity contribution < 1.29 is 19.1 Å². The number of amides is 2. The van der Waals surface area contributed by atoms with Crippen LogP contribution in [0.1, 0.15) is 18.1 Å². The van der Waals surface area contributed by atoms with Gasteiger partial charge in [0.15, 0.2) is 0 Å². The maximum atomic E-state index is 11.7. The Labute approximate surface area is 159 Å². The highest BCUT2D eigenvalue weighted by Gasteiger charge is 2.01. The van der Waals surface area contributed by atoms with Crippen LogP contribution in [0.15, 0.2) is 60.7 Å². The van der Waals surface area contributed by atoms with Gasteiger partial charge in [0.1, 0.15) is 19.0 Å². The van der Waals surface area contributed by atoms with Crippen LogP contribution in [-0.2, 0) is 16.1 Å². The molecule has 0 aromatic heterocycles. The zero-order valence-electron chi connectivity index (χ0n) is 15.3. The minimum atomic E-state index is -0.469. The molecule has 0 saturated carbocycles. The molecule has 0 atom stereocenters. The van der Waals surface area contributed by atoms with Gasteiger partial charge in [-0.15, -0.1) is 0 Å². The fourth-order valence-corrected chi connectivity index (χ4v) is 2.20. The van der Waals surface area contributed by atoms with E-state index in [9.17, 15) is 9.59 Å². The third-order valence-electron chi connectivity index (χ3n) is 3.49. The van der Waals surface area contributed by atoms with E-state index in [0.717, 1.165) is 16.9 Å². The van der Waals surface area contributed by atoms with Gasteiger partial charge in [0.2, 0.25) is 0 Å². The van der Waals surface area contributed by atoms with Gasteiger partial charge in [0.05, 0.1) is 6.54 Å². The number of urea groups is 1. The molecule has 0 aliphatic carbocycles. The minimum absolute atomic E-state index is 0.112. The van der Waals surface area contributed by atoms with Gasteiger partial charge in [0.25, 0.3) is 0 Å². The summed E-state index contributed by atoms with van der Waals surface area (Å²) in [6.07, 6.45) is 3.01. The molecular weight excluding hydrogens is 344 g/mol. The SMILES string of the molecule is CCNC(=O)NCCOC(=O)/C=C/c1cccc(OCc2ccccc2)c1. The Morgan fingerprint density at radius 1 is 1.04 bits per heavy atom. The van der Waals surface area contributed by atoms with Crippen molar-refractivity contribution in [1.29, 1.82) is 0 Å². The van der Waals surface area contributed by atoms with Crippen LogP contribution in [0, 0.1) is 0 Å². The van der Waals surface area contributed by atoms with E-state index in [1.807, 2.05) is 61.5 Å². The lowest BCUT2D eigenvalue weighted by atomic mass is 10.2. The van der Waals surface area contributed by atoms with Gasteiger partial charge in [-0.25, -0.2) is 9.59 Å². The van der Waals surface area contributed by atoms with E-state index in [-0.39, 0.29) is 19.2 Å². The van der Waals surface area contributed by atoms with Crippen LogP contribution >= 0.6 is 0 Å². The van der Waals surface area contributed by atoms with Gasteiger partial charge in [-0.2, -0.15) is 0 Å². The van der Waals surface area contributed by atoms with Crippen molar-refractivity contribution in [2.75, 3.05) is 19.7 Å². The molecule has 0 radical (unpaired) electrons. The van der Waals surface area contributed by atoms with Gasteiger partial charge in [-0.05, 0) is 36.3 Å². The number of rotatable bonds is 9. The summed E-state index contributed by atoms with van der Waals surface area (Å²) >= 11 is 0. The number of carbonyl (C=O) groups excluding carboxylic acids is 2. The van der Waals surface area contributed by atoms with Crippen LogP contribution in [0.4, 0.5) is 4.79 Å². The van der Waals surface area contributed by atoms with Crippen molar-refractivity contribution in [2.45, 2.75) is 13.5 Å². The van der Waals surface area contributed by atoms with Crippen molar-refractivity contribution in [3.63, 3.8) is 0 Å². The van der Waals surface area contributed by atoms with E-state index < -0.39 is 5.97 Å². The smallest absolute Gasteiger partial charge is 0.330 e. The number of hydrogen-bond acceptors (Lipinski definition) is 4.